The smallest absolute Gasteiger partial charge is 0.246 e. The van der Waals surface area contributed by atoms with Crippen molar-refractivity contribution in [3.05, 3.63) is 18.2 Å². The summed E-state index contributed by atoms with van der Waals surface area (Å²) in [6.07, 6.45) is 0. The van der Waals surface area contributed by atoms with Gasteiger partial charge in [-0.3, -0.25) is 4.79 Å². The van der Waals surface area contributed by atoms with Crippen LogP contribution < -0.4 is 15.8 Å². The number of anilines is 1. The Kier molecular flexibility index (Phi) is 5.58. The van der Waals surface area contributed by atoms with Gasteiger partial charge in [0.25, 0.3) is 0 Å². The van der Waals surface area contributed by atoms with Gasteiger partial charge in [-0.15, -0.1) is 0 Å². The normalized spacial score (nSPS) is 17.5. The third kappa shape index (κ3) is 3.99. The van der Waals surface area contributed by atoms with Crippen molar-refractivity contribution in [1.82, 2.24) is 4.31 Å². The van der Waals surface area contributed by atoms with Crippen LogP contribution in [0.1, 0.15) is 6.92 Å². The topological polar surface area (TPSA) is 111 Å². The highest BCUT2D eigenvalue weighted by atomic mass is 32.2. The molecule has 0 saturated carbocycles. The molecule has 1 heterocycles. The van der Waals surface area contributed by atoms with Gasteiger partial charge >= 0.3 is 0 Å². The van der Waals surface area contributed by atoms with Crippen LogP contribution in [-0.4, -0.2) is 58.1 Å². The molecule has 0 bridgehead atoms. The Hall–Kier alpha value is -1.68. The van der Waals surface area contributed by atoms with Crippen LogP contribution in [0.2, 0.25) is 0 Å². The van der Waals surface area contributed by atoms with E-state index in [-0.39, 0.29) is 23.7 Å². The molecule has 0 unspecified atom stereocenters. The Labute approximate surface area is 135 Å². The van der Waals surface area contributed by atoms with Crippen molar-refractivity contribution < 1.29 is 22.7 Å². The minimum Gasteiger partial charge on any atom is -0.495 e. The lowest BCUT2D eigenvalue weighted by Gasteiger charge is -2.26. The minimum atomic E-state index is -3.74. The number of nitrogens with two attached hydrogens (primary N) is 1. The van der Waals surface area contributed by atoms with Crippen LogP contribution in [0.4, 0.5) is 5.69 Å². The van der Waals surface area contributed by atoms with Gasteiger partial charge in [-0.25, -0.2) is 8.42 Å². The molecule has 1 fully saturated rings. The first kappa shape index (κ1) is 17.7. The van der Waals surface area contributed by atoms with E-state index in [0.717, 1.165) is 0 Å². The molecule has 3 N–H and O–H groups in total. The average molecular weight is 343 g/mol. The number of carbonyl (C=O) groups is 1. The molecule has 0 spiro atoms. The van der Waals surface area contributed by atoms with Crippen LogP contribution in [0.5, 0.6) is 5.75 Å². The summed E-state index contributed by atoms with van der Waals surface area (Å²) in [6.45, 7) is 2.80. The monoisotopic (exact) mass is 343 g/mol. The quantitative estimate of drug-likeness (QED) is 0.779. The molecule has 128 valence electrons. The zero-order valence-corrected chi connectivity index (χ0v) is 13.9. The van der Waals surface area contributed by atoms with E-state index >= 15 is 0 Å². The maximum Gasteiger partial charge on any atom is 0.246 e. The van der Waals surface area contributed by atoms with Crippen molar-refractivity contribution in [3.63, 3.8) is 0 Å². The first-order chi connectivity index (χ1) is 10.9. The Morgan fingerprint density at radius 3 is 2.61 bits per heavy atom. The standard InChI is InChI=1S/C14H21N3O5S/c1-10(15)14(18)16-11-3-4-12(21-2)13(9-11)23(19,20)17-5-7-22-8-6-17/h3-4,9-10H,5-8,15H2,1-2H3,(H,16,18)/t10-/m1/s1. The van der Waals surface area contributed by atoms with Gasteiger partial charge in [0.05, 0.1) is 26.4 Å². The molecule has 1 saturated heterocycles. The number of nitrogens with one attached hydrogen (secondary N) is 1. The molecular weight excluding hydrogens is 322 g/mol. The SMILES string of the molecule is COc1ccc(NC(=O)[C@@H](C)N)cc1S(=O)(=O)N1CCOCC1. The number of hydrogen-bond acceptors (Lipinski definition) is 6. The van der Waals surface area contributed by atoms with Gasteiger partial charge in [-0.2, -0.15) is 4.31 Å². The molecule has 1 amide bonds. The van der Waals surface area contributed by atoms with Gasteiger partial charge < -0.3 is 20.5 Å². The molecule has 8 nitrogen and oxygen atoms in total. The predicted octanol–water partition coefficient (Wildman–Crippen LogP) is 0.00180. The molecule has 0 aromatic heterocycles. The summed E-state index contributed by atoms with van der Waals surface area (Å²) < 4.78 is 37.3. The number of morpholine rings is 1. The Bertz CT molecular complexity index is 669. The van der Waals surface area contributed by atoms with E-state index in [1.54, 1.807) is 13.0 Å². The van der Waals surface area contributed by atoms with E-state index in [2.05, 4.69) is 5.32 Å². The summed E-state index contributed by atoms with van der Waals surface area (Å²) in [7, 11) is -2.34. The van der Waals surface area contributed by atoms with E-state index in [1.807, 2.05) is 0 Å². The number of carbonyl (C=O) groups excluding carboxylic acids is 1. The highest BCUT2D eigenvalue weighted by molar-refractivity contribution is 7.89. The summed E-state index contributed by atoms with van der Waals surface area (Å²) in [5, 5.41) is 2.58. The third-order valence-electron chi connectivity index (χ3n) is 3.43. The van der Waals surface area contributed by atoms with Gasteiger partial charge in [-0.05, 0) is 25.1 Å². The largest absolute Gasteiger partial charge is 0.495 e. The number of rotatable bonds is 5. The predicted molar refractivity (Wildman–Crippen MR) is 84.9 cm³/mol. The number of sulfonamides is 1. The summed E-state index contributed by atoms with van der Waals surface area (Å²) in [6, 6.07) is 3.75. The Balaban J connectivity index is 2.36. The fourth-order valence-electron chi connectivity index (χ4n) is 2.14. The van der Waals surface area contributed by atoms with Crippen LogP contribution in [0.25, 0.3) is 0 Å². The zero-order chi connectivity index (χ0) is 17.0. The van der Waals surface area contributed by atoms with Gasteiger partial charge in [0.1, 0.15) is 10.6 Å². The third-order valence-corrected chi connectivity index (χ3v) is 5.35. The van der Waals surface area contributed by atoms with Crippen LogP contribution in [-0.2, 0) is 19.6 Å². The molecule has 9 heteroatoms. The fourth-order valence-corrected chi connectivity index (χ4v) is 3.73. The van der Waals surface area contributed by atoms with Crippen molar-refractivity contribution in [3.8, 4) is 5.75 Å². The maximum absolute atomic E-state index is 12.8. The number of hydrogen-bond donors (Lipinski definition) is 2. The lowest BCUT2D eigenvalue weighted by Crippen LogP contribution is -2.40. The van der Waals surface area contributed by atoms with E-state index in [1.165, 1.54) is 23.5 Å². The molecule has 0 aliphatic carbocycles. The molecule has 23 heavy (non-hydrogen) atoms. The van der Waals surface area contributed by atoms with Crippen LogP contribution in [0.15, 0.2) is 23.1 Å². The number of benzene rings is 1. The average Bonchev–Trinajstić information content (AvgIpc) is 2.55. The summed E-state index contributed by atoms with van der Waals surface area (Å²) in [5.74, 6) is -0.180. The van der Waals surface area contributed by atoms with E-state index < -0.39 is 22.0 Å². The fraction of sp³-hybridized carbons (Fsp3) is 0.500. The van der Waals surface area contributed by atoms with Gasteiger partial charge in [-0.1, -0.05) is 0 Å². The van der Waals surface area contributed by atoms with Crippen LogP contribution >= 0.6 is 0 Å². The zero-order valence-electron chi connectivity index (χ0n) is 13.1. The minimum absolute atomic E-state index is 0.00405. The van der Waals surface area contributed by atoms with Gasteiger partial charge in [0.15, 0.2) is 0 Å². The second kappa shape index (κ2) is 7.26. The van der Waals surface area contributed by atoms with E-state index in [4.69, 9.17) is 15.2 Å². The van der Waals surface area contributed by atoms with Crippen molar-refractivity contribution >= 4 is 21.6 Å². The second-order valence-corrected chi connectivity index (χ2v) is 7.07. The van der Waals surface area contributed by atoms with Crippen LogP contribution in [0.3, 0.4) is 0 Å². The van der Waals surface area contributed by atoms with Crippen molar-refractivity contribution in [2.24, 2.45) is 5.73 Å². The van der Waals surface area contributed by atoms with Crippen molar-refractivity contribution in [1.29, 1.82) is 0 Å². The summed E-state index contributed by atoms with van der Waals surface area (Å²) >= 11 is 0. The maximum atomic E-state index is 12.8. The van der Waals surface area contributed by atoms with Gasteiger partial charge in [0, 0.05) is 18.8 Å². The van der Waals surface area contributed by atoms with E-state index in [0.29, 0.717) is 18.9 Å². The molecule has 1 aromatic carbocycles. The molecule has 1 aromatic rings. The van der Waals surface area contributed by atoms with Crippen LogP contribution in [0, 0.1) is 0 Å². The molecular formula is C14H21N3O5S. The van der Waals surface area contributed by atoms with Crippen molar-refractivity contribution in [2.45, 2.75) is 17.9 Å². The molecule has 1 aliphatic heterocycles. The molecule has 1 aliphatic rings. The number of amides is 1. The highest BCUT2D eigenvalue weighted by Gasteiger charge is 2.29. The lowest BCUT2D eigenvalue weighted by molar-refractivity contribution is -0.117. The van der Waals surface area contributed by atoms with Gasteiger partial charge in [0.2, 0.25) is 15.9 Å². The second-order valence-electron chi connectivity index (χ2n) is 5.16. The lowest BCUT2D eigenvalue weighted by atomic mass is 10.2. The summed E-state index contributed by atoms with van der Waals surface area (Å²) in [5.41, 5.74) is 5.85. The molecule has 2 rings (SSSR count). The number of ether oxygens (including phenoxy) is 2. The number of nitrogens with zero attached hydrogens (tertiary/aromatic N) is 1. The summed E-state index contributed by atoms with van der Waals surface area (Å²) in [4.78, 5) is 11.7. The molecule has 0 radical (unpaired) electrons. The highest BCUT2D eigenvalue weighted by Crippen LogP contribution is 2.30. The van der Waals surface area contributed by atoms with E-state index in [9.17, 15) is 13.2 Å². The first-order valence-electron chi connectivity index (χ1n) is 7.18. The molecule has 1 atom stereocenters. The first-order valence-corrected chi connectivity index (χ1v) is 8.62. The van der Waals surface area contributed by atoms with Crippen molar-refractivity contribution in [2.75, 3.05) is 38.7 Å². The Morgan fingerprint density at radius 1 is 1.39 bits per heavy atom. The Morgan fingerprint density at radius 2 is 2.04 bits per heavy atom. The number of methoxy groups -OCH3 is 1.